The number of halogens is 1. The first-order valence-corrected chi connectivity index (χ1v) is 11.6. The molecule has 7 heteroatoms. The molecular weight excluding hydrogens is 438 g/mol. The van der Waals surface area contributed by atoms with Gasteiger partial charge in [0.25, 0.3) is 0 Å². The van der Waals surface area contributed by atoms with E-state index in [-0.39, 0.29) is 12.3 Å². The van der Waals surface area contributed by atoms with Crippen molar-refractivity contribution in [1.29, 1.82) is 0 Å². The van der Waals surface area contributed by atoms with E-state index in [4.69, 9.17) is 26.4 Å². The first-order chi connectivity index (χ1) is 16.0. The smallest absolute Gasteiger partial charge is 0.303 e. The zero-order chi connectivity index (χ0) is 23.2. The third-order valence-electron chi connectivity index (χ3n) is 5.96. The Bertz CT molecular complexity index is 1140. The number of carboxylic acids is 1. The van der Waals surface area contributed by atoms with Crippen LogP contribution in [0.25, 0.3) is 11.4 Å². The monoisotopic (exact) mass is 465 g/mol. The van der Waals surface area contributed by atoms with Crippen molar-refractivity contribution in [1.82, 2.24) is 15.3 Å². The van der Waals surface area contributed by atoms with Gasteiger partial charge in [-0.3, -0.25) is 4.79 Å². The first-order valence-electron chi connectivity index (χ1n) is 11.3. The number of nitrogens with one attached hydrogen (secondary N) is 1. The molecule has 172 valence electrons. The van der Waals surface area contributed by atoms with Crippen LogP contribution in [-0.2, 0) is 17.8 Å². The third kappa shape index (κ3) is 6.09. The number of hydrogen-bond acceptors (Lipinski definition) is 5. The van der Waals surface area contributed by atoms with Crippen molar-refractivity contribution in [3.63, 3.8) is 0 Å². The molecule has 2 aromatic carbocycles. The van der Waals surface area contributed by atoms with Crippen molar-refractivity contribution < 1.29 is 14.6 Å². The SMILES string of the molecule is Cc1cnc(-c2cccc(Cl)c2)nc1CNCCCOc1ccc2c(c1)CC[C@H]2CC(=O)O. The molecule has 0 radical (unpaired) electrons. The third-order valence-corrected chi connectivity index (χ3v) is 6.19. The van der Waals surface area contributed by atoms with Gasteiger partial charge in [-0.15, -0.1) is 0 Å². The Balaban J connectivity index is 1.23. The molecule has 4 rings (SSSR count). The predicted octanol–water partition coefficient (Wildman–Crippen LogP) is 5.17. The van der Waals surface area contributed by atoms with Crippen molar-refractivity contribution >= 4 is 17.6 Å². The van der Waals surface area contributed by atoms with Gasteiger partial charge in [0, 0.05) is 23.3 Å². The summed E-state index contributed by atoms with van der Waals surface area (Å²) >= 11 is 6.09. The van der Waals surface area contributed by atoms with E-state index < -0.39 is 5.97 Å². The quantitative estimate of drug-likeness (QED) is 0.402. The Hall–Kier alpha value is -2.96. The van der Waals surface area contributed by atoms with Crippen LogP contribution in [0, 0.1) is 6.92 Å². The van der Waals surface area contributed by atoms with Gasteiger partial charge in [0.05, 0.1) is 18.7 Å². The maximum absolute atomic E-state index is 11.0. The molecule has 33 heavy (non-hydrogen) atoms. The zero-order valence-corrected chi connectivity index (χ0v) is 19.4. The molecule has 3 aromatic rings. The molecule has 0 bridgehead atoms. The molecule has 0 saturated heterocycles. The summed E-state index contributed by atoms with van der Waals surface area (Å²) in [7, 11) is 0. The molecule has 0 amide bonds. The summed E-state index contributed by atoms with van der Waals surface area (Å²) in [6.45, 7) is 4.09. The number of aliphatic carboxylic acids is 1. The van der Waals surface area contributed by atoms with E-state index in [9.17, 15) is 4.79 Å². The van der Waals surface area contributed by atoms with Crippen LogP contribution in [0.5, 0.6) is 5.75 Å². The zero-order valence-electron chi connectivity index (χ0n) is 18.7. The molecule has 2 N–H and O–H groups in total. The van der Waals surface area contributed by atoms with E-state index in [1.165, 1.54) is 5.56 Å². The lowest BCUT2D eigenvalue weighted by molar-refractivity contribution is -0.137. The van der Waals surface area contributed by atoms with Crippen LogP contribution in [0.2, 0.25) is 5.02 Å². The van der Waals surface area contributed by atoms with Crippen molar-refractivity contribution in [3.8, 4) is 17.1 Å². The fraction of sp³-hybridized carbons (Fsp3) is 0.346. The molecule has 0 spiro atoms. The normalized spacial score (nSPS) is 14.8. The number of benzene rings is 2. The molecule has 1 atom stereocenters. The number of aromatic nitrogens is 2. The Kier molecular flexibility index (Phi) is 7.57. The number of hydrogen-bond donors (Lipinski definition) is 2. The fourth-order valence-electron chi connectivity index (χ4n) is 4.21. The summed E-state index contributed by atoms with van der Waals surface area (Å²) in [4.78, 5) is 20.2. The van der Waals surface area contributed by atoms with E-state index in [0.29, 0.717) is 24.0 Å². The number of rotatable bonds is 10. The van der Waals surface area contributed by atoms with Crippen LogP contribution in [0.15, 0.2) is 48.7 Å². The predicted molar refractivity (Wildman–Crippen MR) is 129 cm³/mol. The van der Waals surface area contributed by atoms with E-state index in [1.807, 2.05) is 49.5 Å². The lowest BCUT2D eigenvalue weighted by Gasteiger charge is -2.11. The van der Waals surface area contributed by atoms with Crippen molar-refractivity contribution in [2.45, 2.75) is 45.1 Å². The lowest BCUT2D eigenvalue weighted by Crippen LogP contribution is -2.19. The lowest BCUT2D eigenvalue weighted by atomic mass is 9.98. The highest BCUT2D eigenvalue weighted by Crippen LogP contribution is 2.37. The molecule has 0 saturated carbocycles. The highest BCUT2D eigenvalue weighted by atomic mass is 35.5. The van der Waals surface area contributed by atoms with Crippen molar-refractivity contribution in [3.05, 3.63) is 76.1 Å². The first kappa shape index (κ1) is 23.2. The molecule has 1 heterocycles. The van der Waals surface area contributed by atoms with E-state index in [0.717, 1.165) is 53.9 Å². The van der Waals surface area contributed by atoms with E-state index in [1.54, 1.807) is 0 Å². The van der Waals surface area contributed by atoms with Crippen LogP contribution in [0.3, 0.4) is 0 Å². The minimum Gasteiger partial charge on any atom is -0.494 e. The van der Waals surface area contributed by atoms with Crippen LogP contribution >= 0.6 is 11.6 Å². The van der Waals surface area contributed by atoms with Gasteiger partial charge < -0.3 is 15.2 Å². The standard InChI is InChI=1S/C26H28ClN3O3/c1-17-15-29-26(20-4-2-5-21(27)12-20)30-24(17)16-28-10-3-11-33-22-8-9-23-18(13-22)6-7-19(23)14-25(31)32/h2,4-5,8-9,12-13,15,19,28H,3,6-7,10-11,14,16H2,1H3,(H,31,32)/t19-/m0/s1. The number of ether oxygens (including phenoxy) is 1. The summed E-state index contributed by atoms with van der Waals surface area (Å²) in [6, 6.07) is 13.6. The Labute approximate surface area is 199 Å². The van der Waals surface area contributed by atoms with Gasteiger partial charge in [0.15, 0.2) is 5.82 Å². The molecule has 6 nitrogen and oxygen atoms in total. The minimum absolute atomic E-state index is 0.125. The van der Waals surface area contributed by atoms with Gasteiger partial charge in [-0.25, -0.2) is 9.97 Å². The number of carbonyl (C=O) groups is 1. The van der Waals surface area contributed by atoms with Gasteiger partial charge >= 0.3 is 5.97 Å². The highest BCUT2D eigenvalue weighted by Gasteiger charge is 2.24. The average Bonchev–Trinajstić information content (AvgIpc) is 3.18. The summed E-state index contributed by atoms with van der Waals surface area (Å²) in [5.41, 5.74) is 5.29. The number of aryl methyl sites for hydroxylation is 2. The van der Waals surface area contributed by atoms with Crippen LogP contribution in [-0.4, -0.2) is 34.2 Å². The van der Waals surface area contributed by atoms with E-state index in [2.05, 4.69) is 16.4 Å². The van der Waals surface area contributed by atoms with Gasteiger partial charge in [-0.1, -0.05) is 29.8 Å². The second-order valence-corrected chi connectivity index (χ2v) is 8.84. The maximum atomic E-state index is 11.0. The Morgan fingerprint density at radius 3 is 2.97 bits per heavy atom. The second kappa shape index (κ2) is 10.8. The topological polar surface area (TPSA) is 84.3 Å². The molecule has 0 fully saturated rings. The minimum atomic E-state index is -0.737. The molecule has 0 unspecified atom stereocenters. The van der Waals surface area contributed by atoms with Crippen LogP contribution < -0.4 is 10.1 Å². The summed E-state index contributed by atoms with van der Waals surface area (Å²) in [5, 5.41) is 13.2. The van der Waals surface area contributed by atoms with Crippen LogP contribution in [0.4, 0.5) is 0 Å². The van der Waals surface area contributed by atoms with Crippen LogP contribution in [0.1, 0.15) is 47.6 Å². The fourth-order valence-corrected chi connectivity index (χ4v) is 4.40. The van der Waals surface area contributed by atoms with Gasteiger partial charge in [-0.05, 0) is 79.6 Å². The number of nitrogens with zero attached hydrogens (tertiary/aromatic N) is 2. The second-order valence-electron chi connectivity index (χ2n) is 8.41. The average molecular weight is 466 g/mol. The molecular formula is C26H28ClN3O3. The number of fused-ring (bicyclic) bond motifs is 1. The Morgan fingerprint density at radius 1 is 1.27 bits per heavy atom. The van der Waals surface area contributed by atoms with Crippen molar-refractivity contribution in [2.24, 2.45) is 0 Å². The summed E-state index contributed by atoms with van der Waals surface area (Å²) in [5.74, 6) is 0.909. The number of carboxylic acid groups (broad SMARTS) is 1. The van der Waals surface area contributed by atoms with Gasteiger partial charge in [-0.2, -0.15) is 0 Å². The molecule has 1 aromatic heterocycles. The molecule has 1 aliphatic carbocycles. The highest BCUT2D eigenvalue weighted by molar-refractivity contribution is 6.30. The van der Waals surface area contributed by atoms with Crippen molar-refractivity contribution in [2.75, 3.05) is 13.2 Å². The molecule has 0 aliphatic heterocycles. The Morgan fingerprint density at radius 2 is 2.15 bits per heavy atom. The van der Waals surface area contributed by atoms with E-state index >= 15 is 0 Å². The van der Waals surface area contributed by atoms with Gasteiger partial charge in [0.1, 0.15) is 5.75 Å². The maximum Gasteiger partial charge on any atom is 0.303 e. The summed E-state index contributed by atoms with van der Waals surface area (Å²) < 4.78 is 5.92. The largest absolute Gasteiger partial charge is 0.494 e. The summed E-state index contributed by atoms with van der Waals surface area (Å²) in [6.07, 6.45) is 4.73. The molecule has 1 aliphatic rings. The van der Waals surface area contributed by atoms with Gasteiger partial charge in [0.2, 0.25) is 0 Å².